The first kappa shape index (κ1) is 15.0. The van der Waals surface area contributed by atoms with E-state index in [2.05, 4.69) is 15.9 Å². The van der Waals surface area contributed by atoms with E-state index >= 15 is 0 Å². The number of hydrogen-bond donors (Lipinski definition) is 1. The molecule has 2 rings (SSSR count). The van der Waals surface area contributed by atoms with Gasteiger partial charge in [-0.15, -0.1) is 0 Å². The average molecular weight is 338 g/mol. The van der Waals surface area contributed by atoms with Gasteiger partial charge in [-0.25, -0.2) is 4.39 Å². The summed E-state index contributed by atoms with van der Waals surface area (Å²) in [6.45, 7) is 2.90. The van der Waals surface area contributed by atoms with Crippen LogP contribution in [0.4, 0.5) is 4.39 Å². The highest BCUT2D eigenvalue weighted by molar-refractivity contribution is 9.10. The summed E-state index contributed by atoms with van der Waals surface area (Å²) in [6.07, 6.45) is 0.749. The molecule has 0 unspecified atom stereocenters. The molecule has 0 saturated carbocycles. The standard InChI is InChI=1S/C16H17BrFNO/c1-11-7-14(17)9-13(5-6-19)16(11)20-10-12-3-2-4-15(18)8-12/h2-4,7-9H,5-6,10,19H2,1H3. The molecule has 0 bridgehead atoms. The molecule has 0 aliphatic rings. The normalized spacial score (nSPS) is 10.6. The summed E-state index contributed by atoms with van der Waals surface area (Å²) in [5.74, 6) is 0.587. The van der Waals surface area contributed by atoms with Gasteiger partial charge in [0.15, 0.2) is 0 Å². The van der Waals surface area contributed by atoms with Crippen LogP contribution in [0.15, 0.2) is 40.9 Å². The zero-order chi connectivity index (χ0) is 14.5. The number of nitrogens with two attached hydrogens (primary N) is 1. The molecule has 0 amide bonds. The van der Waals surface area contributed by atoms with Crippen molar-refractivity contribution in [3.05, 3.63) is 63.4 Å². The second-order valence-electron chi connectivity index (χ2n) is 4.67. The van der Waals surface area contributed by atoms with E-state index in [-0.39, 0.29) is 5.82 Å². The van der Waals surface area contributed by atoms with E-state index in [0.29, 0.717) is 13.2 Å². The minimum absolute atomic E-state index is 0.249. The molecule has 0 heterocycles. The van der Waals surface area contributed by atoms with E-state index in [1.807, 2.05) is 25.1 Å². The van der Waals surface area contributed by atoms with E-state index in [9.17, 15) is 4.39 Å². The predicted octanol–water partition coefficient (Wildman–Crippen LogP) is 3.98. The van der Waals surface area contributed by atoms with Crippen molar-refractivity contribution in [2.24, 2.45) is 5.73 Å². The van der Waals surface area contributed by atoms with Crippen LogP contribution in [0.25, 0.3) is 0 Å². The molecule has 0 fully saturated rings. The van der Waals surface area contributed by atoms with Crippen LogP contribution in [0, 0.1) is 12.7 Å². The Morgan fingerprint density at radius 2 is 2.05 bits per heavy atom. The molecule has 0 saturated heterocycles. The Morgan fingerprint density at radius 3 is 2.75 bits per heavy atom. The van der Waals surface area contributed by atoms with Crippen molar-refractivity contribution < 1.29 is 9.13 Å². The molecule has 0 aliphatic heterocycles. The third kappa shape index (κ3) is 3.81. The molecular weight excluding hydrogens is 321 g/mol. The molecule has 2 aromatic rings. The number of benzene rings is 2. The topological polar surface area (TPSA) is 35.2 Å². The molecule has 2 N–H and O–H groups in total. The Labute approximate surface area is 126 Å². The Hall–Kier alpha value is -1.39. The number of rotatable bonds is 5. The second-order valence-corrected chi connectivity index (χ2v) is 5.58. The van der Waals surface area contributed by atoms with Crippen LogP contribution in [0.3, 0.4) is 0 Å². The molecule has 20 heavy (non-hydrogen) atoms. The fourth-order valence-corrected chi connectivity index (χ4v) is 2.75. The summed E-state index contributed by atoms with van der Waals surface area (Å²) >= 11 is 3.48. The summed E-state index contributed by atoms with van der Waals surface area (Å²) < 4.78 is 20.0. The highest BCUT2D eigenvalue weighted by atomic mass is 79.9. The van der Waals surface area contributed by atoms with Crippen molar-refractivity contribution >= 4 is 15.9 Å². The Balaban J connectivity index is 2.20. The van der Waals surface area contributed by atoms with Crippen molar-refractivity contribution in [3.8, 4) is 5.75 Å². The van der Waals surface area contributed by atoms with Gasteiger partial charge in [-0.1, -0.05) is 28.1 Å². The van der Waals surface area contributed by atoms with Crippen LogP contribution in [0.5, 0.6) is 5.75 Å². The fourth-order valence-electron chi connectivity index (χ4n) is 2.13. The fraction of sp³-hybridized carbons (Fsp3) is 0.250. The summed E-state index contributed by atoms with van der Waals surface area (Å²) in [4.78, 5) is 0. The molecule has 0 atom stereocenters. The molecule has 0 spiro atoms. The SMILES string of the molecule is Cc1cc(Br)cc(CCN)c1OCc1cccc(F)c1. The molecule has 2 nitrogen and oxygen atoms in total. The lowest BCUT2D eigenvalue weighted by Crippen LogP contribution is -2.07. The van der Waals surface area contributed by atoms with Gasteiger partial charge >= 0.3 is 0 Å². The van der Waals surface area contributed by atoms with Crippen LogP contribution in [0.1, 0.15) is 16.7 Å². The highest BCUT2D eigenvalue weighted by Gasteiger charge is 2.09. The van der Waals surface area contributed by atoms with Gasteiger partial charge in [-0.2, -0.15) is 0 Å². The lowest BCUT2D eigenvalue weighted by molar-refractivity contribution is 0.300. The van der Waals surface area contributed by atoms with Crippen LogP contribution in [0.2, 0.25) is 0 Å². The Bertz CT molecular complexity index is 601. The monoisotopic (exact) mass is 337 g/mol. The number of hydrogen-bond acceptors (Lipinski definition) is 2. The van der Waals surface area contributed by atoms with E-state index < -0.39 is 0 Å². The van der Waals surface area contributed by atoms with E-state index in [0.717, 1.165) is 33.3 Å². The Morgan fingerprint density at radius 1 is 1.25 bits per heavy atom. The van der Waals surface area contributed by atoms with Crippen LogP contribution >= 0.6 is 15.9 Å². The van der Waals surface area contributed by atoms with Gasteiger partial charge in [0.2, 0.25) is 0 Å². The van der Waals surface area contributed by atoms with Crippen molar-refractivity contribution in [1.82, 2.24) is 0 Å². The van der Waals surface area contributed by atoms with Crippen molar-refractivity contribution in [2.75, 3.05) is 6.54 Å². The maximum absolute atomic E-state index is 13.1. The lowest BCUT2D eigenvalue weighted by atomic mass is 10.1. The molecule has 4 heteroatoms. The highest BCUT2D eigenvalue weighted by Crippen LogP contribution is 2.29. The van der Waals surface area contributed by atoms with Gasteiger partial charge in [-0.3, -0.25) is 0 Å². The number of ether oxygens (including phenoxy) is 1. The van der Waals surface area contributed by atoms with Gasteiger partial charge in [0.25, 0.3) is 0 Å². The quantitative estimate of drug-likeness (QED) is 0.895. The maximum Gasteiger partial charge on any atom is 0.126 e. The average Bonchev–Trinajstić information content (AvgIpc) is 2.38. The van der Waals surface area contributed by atoms with E-state index in [4.69, 9.17) is 10.5 Å². The van der Waals surface area contributed by atoms with Gasteiger partial charge < -0.3 is 10.5 Å². The second kappa shape index (κ2) is 6.86. The number of aryl methyl sites for hydroxylation is 1. The molecule has 0 aliphatic carbocycles. The zero-order valence-corrected chi connectivity index (χ0v) is 12.9. The minimum atomic E-state index is -0.249. The summed E-state index contributed by atoms with van der Waals surface area (Å²) in [5, 5.41) is 0. The third-order valence-corrected chi connectivity index (χ3v) is 3.46. The first-order valence-electron chi connectivity index (χ1n) is 6.46. The molecule has 106 valence electrons. The van der Waals surface area contributed by atoms with Gasteiger partial charge in [0, 0.05) is 4.47 Å². The summed E-state index contributed by atoms with van der Waals surface area (Å²) in [5.41, 5.74) is 8.55. The molecule has 0 radical (unpaired) electrons. The minimum Gasteiger partial charge on any atom is -0.488 e. The zero-order valence-electron chi connectivity index (χ0n) is 11.3. The van der Waals surface area contributed by atoms with Gasteiger partial charge in [0.05, 0.1) is 0 Å². The lowest BCUT2D eigenvalue weighted by Gasteiger charge is -2.15. The van der Waals surface area contributed by atoms with Crippen LogP contribution < -0.4 is 10.5 Å². The number of halogens is 2. The maximum atomic E-state index is 13.1. The first-order valence-corrected chi connectivity index (χ1v) is 7.26. The van der Waals surface area contributed by atoms with Crippen molar-refractivity contribution in [1.29, 1.82) is 0 Å². The molecular formula is C16H17BrFNO. The first-order chi connectivity index (χ1) is 9.60. The largest absolute Gasteiger partial charge is 0.488 e. The molecule has 0 aromatic heterocycles. The van der Waals surface area contributed by atoms with Crippen LogP contribution in [-0.4, -0.2) is 6.54 Å². The smallest absolute Gasteiger partial charge is 0.126 e. The van der Waals surface area contributed by atoms with Gasteiger partial charge in [0.1, 0.15) is 18.2 Å². The predicted molar refractivity (Wildman–Crippen MR) is 82.4 cm³/mol. The van der Waals surface area contributed by atoms with Gasteiger partial charge in [-0.05, 0) is 60.8 Å². The third-order valence-electron chi connectivity index (χ3n) is 3.00. The van der Waals surface area contributed by atoms with Crippen molar-refractivity contribution in [3.63, 3.8) is 0 Å². The van der Waals surface area contributed by atoms with E-state index in [1.54, 1.807) is 6.07 Å². The summed E-state index contributed by atoms with van der Waals surface area (Å²) in [7, 11) is 0. The van der Waals surface area contributed by atoms with Crippen molar-refractivity contribution in [2.45, 2.75) is 20.0 Å². The Kier molecular flexibility index (Phi) is 5.15. The molecule has 2 aromatic carbocycles. The van der Waals surface area contributed by atoms with E-state index in [1.165, 1.54) is 12.1 Å². The van der Waals surface area contributed by atoms with Crippen LogP contribution in [-0.2, 0) is 13.0 Å². The summed E-state index contributed by atoms with van der Waals surface area (Å²) in [6, 6.07) is 10.5.